The second kappa shape index (κ2) is 3.00. The van der Waals surface area contributed by atoms with Crippen molar-refractivity contribution in [2.24, 2.45) is 17.8 Å². The fourth-order valence-corrected chi connectivity index (χ4v) is 2.66. The summed E-state index contributed by atoms with van der Waals surface area (Å²) in [5.74, 6) is 0.595. The highest BCUT2D eigenvalue weighted by Gasteiger charge is 2.39. The summed E-state index contributed by atoms with van der Waals surface area (Å²) in [6.45, 7) is 0. The van der Waals surface area contributed by atoms with E-state index >= 15 is 0 Å². The van der Waals surface area contributed by atoms with Crippen molar-refractivity contribution in [3.05, 3.63) is 0 Å². The van der Waals surface area contributed by atoms with Gasteiger partial charge in [-0.25, -0.2) is 0 Å². The Hall–Kier alpha value is -0.660. The first-order valence-corrected chi connectivity index (χ1v) is 4.82. The molecule has 2 nitrogen and oxygen atoms in total. The topological polar surface area (TPSA) is 34.1 Å². The molecule has 0 amide bonds. The number of ketones is 1. The maximum Gasteiger partial charge on any atom is 0.146 e. The van der Waals surface area contributed by atoms with Gasteiger partial charge < -0.3 is 4.79 Å². The van der Waals surface area contributed by atoms with Crippen LogP contribution in [0.3, 0.4) is 0 Å². The van der Waals surface area contributed by atoms with Crippen LogP contribution in [0.2, 0.25) is 0 Å². The minimum absolute atomic E-state index is 0.221. The van der Waals surface area contributed by atoms with Crippen LogP contribution < -0.4 is 0 Å². The van der Waals surface area contributed by atoms with Gasteiger partial charge in [-0.3, -0.25) is 4.79 Å². The monoisotopic (exact) mass is 166 g/mol. The molecule has 0 N–H and O–H groups in total. The molecule has 0 radical (unpaired) electrons. The van der Waals surface area contributed by atoms with E-state index in [2.05, 4.69) is 0 Å². The van der Waals surface area contributed by atoms with Crippen LogP contribution in [0.15, 0.2) is 0 Å². The summed E-state index contributed by atoms with van der Waals surface area (Å²) in [6, 6.07) is 0. The third kappa shape index (κ3) is 1.10. The van der Waals surface area contributed by atoms with Crippen LogP contribution in [0, 0.1) is 17.8 Å². The van der Waals surface area contributed by atoms with E-state index in [-0.39, 0.29) is 17.6 Å². The summed E-state index contributed by atoms with van der Waals surface area (Å²) >= 11 is 0. The predicted octanol–water partition coefficient (Wildman–Crippen LogP) is 1.58. The van der Waals surface area contributed by atoms with E-state index in [0.717, 1.165) is 38.4 Å². The van der Waals surface area contributed by atoms with Crippen LogP contribution in [0.25, 0.3) is 0 Å². The third-order valence-electron chi connectivity index (χ3n) is 3.40. The molecule has 2 bridgehead atoms. The molecule has 3 aliphatic carbocycles. The Labute approximate surface area is 72.3 Å². The standard InChI is InChI=1S/C10H14O2/c11-6-9-7-2-1-3-8(5-4-7)10(9)12/h6-9H,1-5H2. The van der Waals surface area contributed by atoms with Gasteiger partial charge in [0.15, 0.2) is 0 Å². The highest BCUT2D eigenvalue weighted by atomic mass is 16.1. The van der Waals surface area contributed by atoms with E-state index in [1.54, 1.807) is 0 Å². The van der Waals surface area contributed by atoms with Gasteiger partial charge in [-0.1, -0.05) is 6.42 Å². The highest BCUT2D eigenvalue weighted by molar-refractivity contribution is 5.95. The van der Waals surface area contributed by atoms with Crippen molar-refractivity contribution in [2.75, 3.05) is 0 Å². The van der Waals surface area contributed by atoms with Crippen LogP contribution in [0.4, 0.5) is 0 Å². The van der Waals surface area contributed by atoms with Crippen molar-refractivity contribution in [2.45, 2.75) is 32.1 Å². The molecule has 2 heteroatoms. The second-order valence-electron chi connectivity index (χ2n) is 4.03. The normalized spacial score (nSPS) is 41.0. The first kappa shape index (κ1) is 7.96. The van der Waals surface area contributed by atoms with E-state index in [1.165, 1.54) is 0 Å². The van der Waals surface area contributed by atoms with Gasteiger partial charge >= 0.3 is 0 Å². The zero-order valence-corrected chi connectivity index (χ0v) is 7.16. The average molecular weight is 166 g/mol. The maximum absolute atomic E-state index is 11.6. The molecule has 3 fully saturated rings. The molecule has 3 unspecified atom stereocenters. The molecule has 0 spiro atoms. The molecule has 66 valence electrons. The molecule has 0 aromatic carbocycles. The van der Waals surface area contributed by atoms with Crippen molar-refractivity contribution >= 4 is 12.1 Å². The van der Waals surface area contributed by atoms with Gasteiger partial charge in [0, 0.05) is 5.92 Å². The SMILES string of the molecule is O=CC1C(=O)C2CCCC1CC2. The molecule has 0 aliphatic heterocycles. The summed E-state index contributed by atoms with van der Waals surface area (Å²) in [7, 11) is 0. The van der Waals surface area contributed by atoms with Crippen molar-refractivity contribution < 1.29 is 9.59 Å². The first-order valence-electron chi connectivity index (χ1n) is 4.82. The number of carbonyl (C=O) groups is 2. The van der Waals surface area contributed by atoms with Crippen LogP contribution in [-0.4, -0.2) is 12.1 Å². The minimum atomic E-state index is -0.244. The van der Waals surface area contributed by atoms with Crippen molar-refractivity contribution in [3.63, 3.8) is 0 Å². The van der Waals surface area contributed by atoms with E-state index in [1.807, 2.05) is 0 Å². The first-order chi connectivity index (χ1) is 5.83. The molecule has 0 heterocycles. The van der Waals surface area contributed by atoms with Crippen molar-refractivity contribution in [3.8, 4) is 0 Å². The fraction of sp³-hybridized carbons (Fsp3) is 0.800. The molecular formula is C10H14O2. The van der Waals surface area contributed by atoms with E-state index in [4.69, 9.17) is 0 Å². The summed E-state index contributed by atoms with van der Waals surface area (Å²) < 4.78 is 0. The van der Waals surface area contributed by atoms with Crippen LogP contribution in [0.1, 0.15) is 32.1 Å². The van der Waals surface area contributed by atoms with E-state index < -0.39 is 0 Å². The Bertz CT molecular complexity index is 206. The van der Waals surface area contributed by atoms with Gasteiger partial charge in [0.25, 0.3) is 0 Å². The molecule has 3 aliphatic rings. The van der Waals surface area contributed by atoms with Crippen molar-refractivity contribution in [1.29, 1.82) is 0 Å². The highest BCUT2D eigenvalue weighted by Crippen LogP contribution is 2.39. The number of Topliss-reactive ketones (excluding diaryl/α,β-unsaturated/α-hetero) is 1. The van der Waals surface area contributed by atoms with E-state index in [0.29, 0.717) is 5.92 Å². The maximum atomic E-state index is 11.6. The number of aldehydes is 1. The molecule has 3 saturated carbocycles. The fourth-order valence-electron chi connectivity index (χ4n) is 2.66. The summed E-state index contributed by atoms with van der Waals surface area (Å²) in [6.07, 6.45) is 6.27. The zero-order valence-electron chi connectivity index (χ0n) is 7.16. The molecule has 3 rings (SSSR count). The number of fused-ring (bicyclic) bond motifs is 4. The lowest BCUT2D eigenvalue weighted by atomic mass is 9.75. The number of carbonyl (C=O) groups excluding carboxylic acids is 2. The lowest BCUT2D eigenvalue weighted by molar-refractivity contribution is -0.134. The lowest BCUT2D eigenvalue weighted by Gasteiger charge is -2.27. The van der Waals surface area contributed by atoms with Gasteiger partial charge in [-0.05, 0) is 31.6 Å². The Morgan fingerprint density at radius 1 is 1.17 bits per heavy atom. The molecule has 3 atom stereocenters. The quantitative estimate of drug-likeness (QED) is 0.438. The summed E-state index contributed by atoms with van der Waals surface area (Å²) in [5, 5.41) is 0. The minimum Gasteiger partial charge on any atom is -0.303 e. The zero-order chi connectivity index (χ0) is 8.55. The van der Waals surface area contributed by atoms with Crippen LogP contribution >= 0.6 is 0 Å². The molecule has 0 saturated heterocycles. The number of rotatable bonds is 1. The largest absolute Gasteiger partial charge is 0.303 e. The van der Waals surface area contributed by atoms with Crippen LogP contribution in [-0.2, 0) is 9.59 Å². The molecule has 0 aromatic rings. The van der Waals surface area contributed by atoms with Gasteiger partial charge in [-0.2, -0.15) is 0 Å². The van der Waals surface area contributed by atoms with Crippen LogP contribution in [0.5, 0.6) is 0 Å². The van der Waals surface area contributed by atoms with E-state index in [9.17, 15) is 9.59 Å². The molecular weight excluding hydrogens is 152 g/mol. The lowest BCUT2D eigenvalue weighted by Crippen LogP contribution is -2.33. The number of hydrogen-bond acceptors (Lipinski definition) is 2. The van der Waals surface area contributed by atoms with Gasteiger partial charge in [0.05, 0.1) is 5.92 Å². The predicted molar refractivity (Wildman–Crippen MR) is 44.6 cm³/mol. The summed E-state index contributed by atoms with van der Waals surface area (Å²) in [5.41, 5.74) is 0. The second-order valence-corrected chi connectivity index (χ2v) is 4.03. The summed E-state index contributed by atoms with van der Waals surface area (Å²) in [4.78, 5) is 22.3. The third-order valence-corrected chi connectivity index (χ3v) is 3.40. The smallest absolute Gasteiger partial charge is 0.146 e. The van der Waals surface area contributed by atoms with Gasteiger partial charge in [0.2, 0.25) is 0 Å². The average Bonchev–Trinajstić information content (AvgIpc) is 2.37. The Morgan fingerprint density at radius 3 is 2.75 bits per heavy atom. The Morgan fingerprint density at radius 2 is 2.00 bits per heavy atom. The Balaban J connectivity index is 2.24. The van der Waals surface area contributed by atoms with Gasteiger partial charge in [0.1, 0.15) is 12.1 Å². The van der Waals surface area contributed by atoms with Gasteiger partial charge in [-0.15, -0.1) is 0 Å². The molecule has 12 heavy (non-hydrogen) atoms. The van der Waals surface area contributed by atoms with Crippen molar-refractivity contribution in [1.82, 2.24) is 0 Å². The molecule has 0 aromatic heterocycles. The number of hydrogen-bond donors (Lipinski definition) is 0. The Kier molecular flexibility index (Phi) is 1.99.